The number of furan rings is 1. The monoisotopic (exact) mass is 483 g/mol. The largest absolute Gasteiger partial charge is 0.440 e. The normalized spacial score (nSPS) is 16.1. The van der Waals surface area contributed by atoms with Gasteiger partial charge in [0, 0.05) is 35.7 Å². The van der Waals surface area contributed by atoms with Crippen molar-refractivity contribution < 1.29 is 9.21 Å². The van der Waals surface area contributed by atoms with E-state index in [-0.39, 0.29) is 11.3 Å². The number of thiophene rings is 1. The highest BCUT2D eigenvalue weighted by Gasteiger charge is 2.33. The van der Waals surface area contributed by atoms with Crippen LogP contribution in [0.3, 0.4) is 0 Å². The van der Waals surface area contributed by atoms with Crippen molar-refractivity contribution >= 4 is 51.6 Å². The number of halogens is 1. The second-order valence-electron chi connectivity index (χ2n) is 9.78. The van der Waals surface area contributed by atoms with Gasteiger partial charge in [0.05, 0.1) is 11.8 Å². The molecular weight excluding hydrogens is 454 g/mol. The van der Waals surface area contributed by atoms with E-state index in [9.17, 15) is 4.79 Å². The number of carbonyl (C=O) groups is 1. The Labute approximate surface area is 204 Å². The molecule has 1 atom stereocenters. The lowest BCUT2D eigenvalue weighted by Gasteiger charge is -2.33. The van der Waals surface area contributed by atoms with Crippen LogP contribution in [-0.2, 0) is 12.8 Å². The molecule has 0 saturated heterocycles. The molecule has 1 N–H and O–H groups in total. The number of nitrogens with zero attached hydrogens (tertiary/aromatic N) is 2. The Hall–Kier alpha value is -2.57. The summed E-state index contributed by atoms with van der Waals surface area (Å²) in [5.74, 6) is 1.86. The zero-order valence-electron chi connectivity index (χ0n) is 19.7. The van der Waals surface area contributed by atoms with Crippen LogP contribution >= 0.6 is 22.9 Å². The smallest absolute Gasteiger partial charge is 0.259 e. The van der Waals surface area contributed by atoms with Crippen LogP contribution in [-0.4, -0.2) is 26.2 Å². The van der Waals surface area contributed by atoms with Crippen molar-refractivity contribution in [2.45, 2.75) is 40.0 Å². The van der Waals surface area contributed by atoms with Gasteiger partial charge < -0.3 is 14.6 Å². The number of amides is 1. The SMILES string of the molecule is CN(C)c1ccc(C=Nc2sc3c(c2C(=O)Nc2ccc(Cl)cc2)CC[C@@H](C(C)(C)C)C3)o1. The van der Waals surface area contributed by atoms with Crippen LogP contribution in [0.5, 0.6) is 0 Å². The Balaban J connectivity index is 1.68. The summed E-state index contributed by atoms with van der Waals surface area (Å²) >= 11 is 7.62. The number of carbonyl (C=O) groups excluding carboxylic acids is 1. The average molecular weight is 484 g/mol. The van der Waals surface area contributed by atoms with Gasteiger partial charge in [-0.2, -0.15) is 0 Å². The van der Waals surface area contributed by atoms with E-state index in [1.54, 1.807) is 29.7 Å². The number of aliphatic imine (C=N–C) groups is 1. The summed E-state index contributed by atoms with van der Waals surface area (Å²) in [6.07, 6.45) is 4.64. The number of fused-ring (bicyclic) bond motifs is 1. The van der Waals surface area contributed by atoms with Crippen LogP contribution in [0.2, 0.25) is 5.02 Å². The molecule has 5 nitrogen and oxygen atoms in total. The van der Waals surface area contributed by atoms with Crippen LogP contribution in [0.15, 0.2) is 45.8 Å². The number of rotatable bonds is 5. The maximum absolute atomic E-state index is 13.4. The highest BCUT2D eigenvalue weighted by Crippen LogP contribution is 2.45. The van der Waals surface area contributed by atoms with Gasteiger partial charge in [-0.1, -0.05) is 32.4 Å². The molecule has 0 saturated carbocycles. The molecule has 0 spiro atoms. The molecule has 1 aliphatic carbocycles. The molecular formula is C26H30ClN3O2S. The summed E-state index contributed by atoms with van der Waals surface area (Å²) < 4.78 is 5.81. The second-order valence-corrected chi connectivity index (χ2v) is 11.3. The summed E-state index contributed by atoms with van der Waals surface area (Å²) in [4.78, 5) is 21.3. The Bertz CT molecular complexity index is 1170. The predicted octanol–water partition coefficient (Wildman–Crippen LogP) is 7.21. The van der Waals surface area contributed by atoms with Gasteiger partial charge >= 0.3 is 0 Å². The summed E-state index contributed by atoms with van der Waals surface area (Å²) in [5.41, 5.74) is 2.75. The minimum Gasteiger partial charge on any atom is -0.440 e. The first kappa shape index (κ1) is 23.6. The third-order valence-corrected chi connectivity index (χ3v) is 7.58. The van der Waals surface area contributed by atoms with Crippen molar-refractivity contribution in [2.75, 3.05) is 24.3 Å². The lowest BCUT2D eigenvalue weighted by atomic mass is 9.72. The van der Waals surface area contributed by atoms with E-state index >= 15 is 0 Å². The average Bonchev–Trinajstić information content (AvgIpc) is 3.37. The fraction of sp³-hybridized carbons (Fsp3) is 0.385. The van der Waals surface area contributed by atoms with Gasteiger partial charge in [0.1, 0.15) is 10.8 Å². The minimum absolute atomic E-state index is 0.135. The van der Waals surface area contributed by atoms with Gasteiger partial charge in [-0.15, -0.1) is 11.3 Å². The minimum atomic E-state index is -0.135. The summed E-state index contributed by atoms with van der Waals surface area (Å²) in [7, 11) is 3.86. The molecule has 2 heterocycles. The van der Waals surface area contributed by atoms with Crippen LogP contribution in [0.4, 0.5) is 16.6 Å². The zero-order chi connectivity index (χ0) is 23.8. The number of benzene rings is 1. The highest BCUT2D eigenvalue weighted by molar-refractivity contribution is 7.16. The number of anilines is 2. The molecule has 0 bridgehead atoms. The van der Waals surface area contributed by atoms with Gasteiger partial charge in [-0.05, 0) is 66.5 Å². The number of hydrogen-bond donors (Lipinski definition) is 1. The van der Waals surface area contributed by atoms with Gasteiger partial charge in [0.2, 0.25) is 0 Å². The van der Waals surface area contributed by atoms with E-state index in [0.717, 1.165) is 35.7 Å². The van der Waals surface area contributed by atoms with E-state index in [2.05, 4.69) is 26.1 Å². The standard InChI is InChI=1S/C26H30ClN3O2S/c1-26(2,3)16-6-12-20-21(14-16)33-25(28-15-19-11-13-22(32-19)30(4)5)23(20)24(31)29-18-9-7-17(27)8-10-18/h7-11,13,15-16H,6,12,14H2,1-5H3,(H,29,31)/t16-/m1/s1. The molecule has 174 valence electrons. The van der Waals surface area contributed by atoms with Crippen molar-refractivity contribution in [3.8, 4) is 0 Å². The maximum Gasteiger partial charge on any atom is 0.259 e. The molecule has 4 rings (SSSR count). The quantitative estimate of drug-likeness (QED) is 0.390. The fourth-order valence-electron chi connectivity index (χ4n) is 4.14. The number of hydrogen-bond acceptors (Lipinski definition) is 5. The molecule has 0 radical (unpaired) electrons. The molecule has 1 aromatic carbocycles. The van der Waals surface area contributed by atoms with Gasteiger partial charge in [0.15, 0.2) is 5.88 Å². The molecule has 0 aliphatic heterocycles. The molecule has 1 amide bonds. The summed E-state index contributed by atoms with van der Waals surface area (Å²) in [6.45, 7) is 6.88. The molecule has 3 aromatic rings. The van der Waals surface area contributed by atoms with Gasteiger partial charge in [0.25, 0.3) is 5.91 Å². The maximum atomic E-state index is 13.4. The number of nitrogens with one attached hydrogen (secondary N) is 1. The lowest BCUT2D eigenvalue weighted by molar-refractivity contribution is 0.102. The van der Waals surface area contributed by atoms with Crippen molar-refractivity contribution in [1.82, 2.24) is 0 Å². The van der Waals surface area contributed by atoms with Gasteiger partial charge in [-0.3, -0.25) is 4.79 Å². The third-order valence-electron chi connectivity index (χ3n) is 6.16. The Morgan fingerprint density at radius 1 is 1.21 bits per heavy atom. The van der Waals surface area contributed by atoms with Crippen LogP contribution in [0.1, 0.15) is 53.8 Å². The van der Waals surface area contributed by atoms with Crippen molar-refractivity contribution in [3.05, 3.63) is 63.2 Å². The molecule has 0 fully saturated rings. The van der Waals surface area contributed by atoms with E-state index < -0.39 is 0 Å². The first-order chi connectivity index (χ1) is 15.6. The first-order valence-corrected chi connectivity index (χ1v) is 12.3. The topological polar surface area (TPSA) is 57.8 Å². The zero-order valence-corrected chi connectivity index (χ0v) is 21.3. The molecule has 1 aliphatic rings. The van der Waals surface area contributed by atoms with E-state index in [1.807, 2.05) is 43.3 Å². The molecule has 7 heteroatoms. The molecule has 0 unspecified atom stereocenters. The van der Waals surface area contributed by atoms with E-state index in [4.69, 9.17) is 21.0 Å². The van der Waals surface area contributed by atoms with Crippen LogP contribution in [0.25, 0.3) is 0 Å². The van der Waals surface area contributed by atoms with Crippen molar-refractivity contribution in [3.63, 3.8) is 0 Å². The van der Waals surface area contributed by atoms with E-state index in [1.165, 1.54) is 4.88 Å². The molecule has 33 heavy (non-hydrogen) atoms. The second kappa shape index (κ2) is 9.35. The third kappa shape index (κ3) is 5.33. The van der Waals surface area contributed by atoms with Gasteiger partial charge in [-0.25, -0.2) is 4.99 Å². The lowest BCUT2D eigenvalue weighted by Crippen LogP contribution is -2.27. The van der Waals surface area contributed by atoms with Crippen molar-refractivity contribution in [2.24, 2.45) is 16.3 Å². The van der Waals surface area contributed by atoms with Crippen LogP contribution in [0, 0.1) is 11.3 Å². The summed E-state index contributed by atoms with van der Waals surface area (Å²) in [5, 5.41) is 4.39. The Morgan fingerprint density at radius 3 is 2.58 bits per heavy atom. The Morgan fingerprint density at radius 2 is 1.94 bits per heavy atom. The Kier molecular flexibility index (Phi) is 6.68. The van der Waals surface area contributed by atoms with Crippen LogP contribution < -0.4 is 10.2 Å². The highest BCUT2D eigenvalue weighted by atomic mass is 35.5. The first-order valence-electron chi connectivity index (χ1n) is 11.1. The van der Waals surface area contributed by atoms with E-state index in [0.29, 0.717) is 28.0 Å². The summed E-state index contributed by atoms with van der Waals surface area (Å²) in [6, 6.07) is 10.9. The fourth-order valence-corrected chi connectivity index (χ4v) is 5.53. The molecule has 2 aromatic heterocycles. The predicted molar refractivity (Wildman–Crippen MR) is 139 cm³/mol. The van der Waals surface area contributed by atoms with Crippen molar-refractivity contribution in [1.29, 1.82) is 0 Å².